The van der Waals surface area contributed by atoms with Crippen LogP contribution in [-0.4, -0.2) is 49.5 Å². The normalized spacial score (nSPS) is 19.0. The van der Waals surface area contributed by atoms with E-state index in [4.69, 9.17) is 4.74 Å². The maximum absolute atomic E-state index is 12.7. The molecule has 2 aromatic rings. The smallest absolute Gasteiger partial charge is 0.261 e. The van der Waals surface area contributed by atoms with Gasteiger partial charge in [0.2, 0.25) is 0 Å². The molecule has 0 radical (unpaired) electrons. The fourth-order valence-corrected chi connectivity index (χ4v) is 4.56. The predicted molar refractivity (Wildman–Crippen MR) is 104 cm³/mol. The molecule has 1 aromatic heterocycles. The summed E-state index contributed by atoms with van der Waals surface area (Å²) < 4.78 is 5.47. The van der Waals surface area contributed by atoms with E-state index in [-0.39, 0.29) is 5.91 Å². The van der Waals surface area contributed by atoms with Crippen LogP contribution >= 0.6 is 11.3 Å². The molecule has 26 heavy (non-hydrogen) atoms. The Kier molecular flexibility index (Phi) is 4.98. The lowest BCUT2D eigenvalue weighted by Crippen LogP contribution is -2.47. The molecule has 0 spiro atoms. The highest BCUT2D eigenvalue weighted by Crippen LogP contribution is 2.39. The molecule has 138 valence electrons. The van der Waals surface area contributed by atoms with Crippen molar-refractivity contribution >= 4 is 22.2 Å². The van der Waals surface area contributed by atoms with Crippen LogP contribution in [0, 0.1) is 0 Å². The van der Waals surface area contributed by atoms with Gasteiger partial charge in [-0.1, -0.05) is 30.3 Å². The van der Waals surface area contributed by atoms with Crippen LogP contribution in [0.15, 0.2) is 36.4 Å². The van der Waals surface area contributed by atoms with Crippen LogP contribution < -0.4 is 10.2 Å². The highest BCUT2D eigenvalue weighted by molar-refractivity contribution is 7.18. The number of hydrogen-bond acceptors (Lipinski definition) is 5. The van der Waals surface area contributed by atoms with Gasteiger partial charge in [0, 0.05) is 25.2 Å². The van der Waals surface area contributed by atoms with Gasteiger partial charge < -0.3 is 20.1 Å². The first kappa shape index (κ1) is 17.5. The zero-order valence-electron chi connectivity index (χ0n) is 14.7. The van der Waals surface area contributed by atoms with Crippen molar-refractivity contribution in [2.75, 3.05) is 37.7 Å². The van der Waals surface area contributed by atoms with E-state index in [1.165, 1.54) is 11.3 Å². The lowest BCUT2D eigenvalue weighted by Gasteiger charge is -2.36. The minimum atomic E-state index is -0.706. The number of carbonyl (C=O) groups excluding carboxylic acids is 1. The van der Waals surface area contributed by atoms with Crippen LogP contribution in [0.5, 0.6) is 0 Å². The monoisotopic (exact) mass is 372 g/mol. The zero-order valence-corrected chi connectivity index (χ0v) is 15.6. The van der Waals surface area contributed by atoms with Crippen molar-refractivity contribution in [2.45, 2.75) is 24.9 Å². The number of morpholine rings is 1. The summed E-state index contributed by atoms with van der Waals surface area (Å²) in [6, 6.07) is 12.2. The fraction of sp³-hybridized carbons (Fsp3) is 0.450. The number of carbonyl (C=O) groups is 1. The van der Waals surface area contributed by atoms with E-state index in [2.05, 4.69) is 22.3 Å². The molecule has 5 nitrogen and oxygen atoms in total. The first-order valence-electron chi connectivity index (χ1n) is 9.17. The summed E-state index contributed by atoms with van der Waals surface area (Å²) in [4.78, 5) is 15.6. The van der Waals surface area contributed by atoms with Crippen molar-refractivity contribution < 1.29 is 14.6 Å². The van der Waals surface area contributed by atoms with Crippen LogP contribution in [-0.2, 0) is 4.74 Å². The maximum atomic E-state index is 12.7. The molecule has 0 bridgehead atoms. The van der Waals surface area contributed by atoms with Gasteiger partial charge in [0.05, 0.1) is 28.7 Å². The summed E-state index contributed by atoms with van der Waals surface area (Å²) >= 11 is 1.52. The number of anilines is 1. The standard InChI is InChI=1S/C20H24N2O3S/c23-18(21-14-20(24)7-4-8-20)17-13-16(15-5-2-1-3-6-15)19(26-17)22-9-11-25-12-10-22/h1-3,5-6,13,24H,4,7-12,14H2,(H,21,23). The summed E-state index contributed by atoms with van der Waals surface area (Å²) in [5, 5.41) is 14.2. The van der Waals surface area contributed by atoms with Crippen LogP contribution in [0.25, 0.3) is 11.1 Å². The van der Waals surface area contributed by atoms with Crippen LogP contribution in [0.1, 0.15) is 28.9 Å². The quantitative estimate of drug-likeness (QED) is 0.847. The van der Waals surface area contributed by atoms with Crippen LogP contribution in [0.3, 0.4) is 0 Å². The third kappa shape index (κ3) is 3.63. The molecule has 2 aliphatic rings. The number of nitrogens with one attached hydrogen (secondary N) is 1. The van der Waals surface area contributed by atoms with Gasteiger partial charge in [0.25, 0.3) is 5.91 Å². The van der Waals surface area contributed by atoms with Crippen LogP contribution in [0.4, 0.5) is 5.00 Å². The molecule has 1 aromatic carbocycles. The molecule has 2 heterocycles. The molecule has 6 heteroatoms. The van der Waals surface area contributed by atoms with Gasteiger partial charge in [-0.3, -0.25) is 4.79 Å². The second-order valence-corrected chi connectivity index (χ2v) is 8.09. The average Bonchev–Trinajstić information content (AvgIpc) is 3.11. The van der Waals surface area contributed by atoms with Gasteiger partial charge in [0.15, 0.2) is 0 Å². The van der Waals surface area contributed by atoms with E-state index >= 15 is 0 Å². The minimum Gasteiger partial charge on any atom is -0.388 e. The van der Waals surface area contributed by atoms with Gasteiger partial charge in [-0.2, -0.15) is 0 Å². The Hall–Kier alpha value is -1.89. The van der Waals surface area contributed by atoms with E-state index in [0.29, 0.717) is 24.6 Å². The summed E-state index contributed by atoms with van der Waals surface area (Å²) in [5.74, 6) is -0.105. The van der Waals surface area contributed by atoms with Crippen molar-refractivity contribution in [2.24, 2.45) is 0 Å². The van der Waals surface area contributed by atoms with Crippen LogP contribution in [0.2, 0.25) is 0 Å². The number of rotatable bonds is 5. The Morgan fingerprint density at radius 3 is 2.62 bits per heavy atom. The second kappa shape index (κ2) is 7.39. The molecular weight excluding hydrogens is 348 g/mol. The molecule has 2 N–H and O–H groups in total. The Balaban J connectivity index is 1.59. The fourth-order valence-electron chi connectivity index (χ4n) is 3.41. The van der Waals surface area contributed by atoms with Gasteiger partial charge in [-0.05, 0) is 30.9 Å². The van der Waals surface area contributed by atoms with Crippen molar-refractivity contribution in [1.82, 2.24) is 5.32 Å². The molecule has 1 saturated carbocycles. The number of amides is 1. The van der Waals surface area contributed by atoms with Crippen molar-refractivity contribution in [3.8, 4) is 11.1 Å². The molecule has 0 atom stereocenters. The summed E-state index contributed by atoms with van der Waals surface area (Å²) in [6.45, 7) is 3.42. The Morgan fingerprint density at radius 1 is 1.23 bits per heavy atom. The van der Waals surface area contributed by atoms with E-state index < -0.39 is 5.60 Å². The highest BCUT2D eigenvalue weighted by atomic mass is 32.1. The lowest BCUT2D eigenvalue weighted by atomic mass is 9.80. The maximum Gasteiger partial charge on any atom is 0.261 e. The number of aliphatic hydroxyl groups is 1. The van der Waals surface area contributed by atoms with E-state index in [9.17, 15) is 9.90 Å². The molecule has 1 aliphatic heterocycles. The highest BCUT2D eigenvalue weighted by Gasteiger charge is 2.34. The van der Waals surface area contributed by atoms with E-state index in [1.807, 2.05) is 24.3 Å². The Labute approximate surface area is 157 Å². The summed E-state index contributed by atoms with van der Waals surface area (Å²) in [7, 11) is 0. The average molecular weight is 372 g/mol. The Morgan fingerprint density at radius 2 is 1.96 bits per heavy atom. The van der Waals surface area contributed by atoms with Gasteiger partial charge in [0.1, 0.15) is 0 Å². The molecule has 4 rings (SSSR count). The molecule has 2 fully saturated rings. The zero-order chi connectivity index (χ0) is 18.0. The Bertz CT molecular complexity index is 765. The number of benzene rings is 1. The largest absolute Gasteiger partial charge is 0.388 e. The molecule has 1 amide bonds. The van der Waals surface area contributed by atoms with Gasteiger partial charge in [-0.15, -0.1) is 11.3 Å². The van der Waals surface area contributed by atoms with Gasteiger partial charge >= 0.3 is 0 Å². The molecule has 1 aliphatic carbocycles. The van der Waals surface area contributed by atoms with Gasteiger partial charge in [-0.25, -0.2) is 0 Å². The van der Waals surface area contributed by atoms with E-state index in [1.54, 1.807) is 0 Å². The topological polar surface area (TPSA) is 61.8 Å². The first-order valence-corrected chi connectivity index (χ1v) is 9.99. The third-order valence-corrected chi connectivity index (χ3v) is 6.38. The molecule has 1 saturated heterocycles. The first-order chi connectivity index (χ1) is 12.6. The van der Waals surface area contributed by atoms with Crippen molar-refractivity contribution in [1.29, 1.82) is 0 Å². The summed E-state index contributed by atoms with van der Waals surface area (Å²) in [6.07, 6.45) is 2.57. The minimum absolute atomic E-state index is 0.105. The second-order valence-electron chi connectivity index (χ2n) is 7.06. The number of thiophene rings is 1. The van der Waals surface area contributed by atoms with Crippen molar-refractivity contribution in [3.05, 3.63) is 41.3 Å². The van der Waals surface area contributed by atoms with E-state index in [0.717, 1.165) is 48.5 Å². The summed E-state index contributed by atoms with van der Waals surface area (Å²) in [5.41, 5.74) is 1.49. The van der Waals surface area contributed by atoms with Crippen molar-refractivity contribution in [3.63, 3.8) is 0 Å². The number of hydrogen-bond donors (Lipinski definition) is 2. The molecule has 0 unspecified atom stereocenters. The SMILES string of the molecule is O=C(NCC1(O)CCC1)c1cc(-c2ccccc2)c(N2CCOCC2)s1. The predicted octanol–water partition coefficient (Wildman–Crippen LogP) is 2.90. The third-order valence-electron chi connectivity index (χ3n) is 5.18. The molecular formula is C20H24N2O3S. The lowest BCUT2D eigenvalue weighted by molar-refractivity contribution is -0.0300. The number of ether oxygens (including phenoxy) is 1. The number of nitrogens with zero attached hydrogens (tertiary/aromatic N) is 1.